The van der Waals surface area contributed by atoms with Gasteiger partial charge in [0.2, 0.25) is 10.0 Å². The highest BCUT2D eigenvalue weighted by Gasteiger charge is 2.12. The standard InChI is InChI=1S/C17H16ClNO6S/c1-26(22,23)19-13-8-6-12(7-9-13)15(20)10-25-17(21)11-24-16-5-3-2-4-14(16)18/h2-9,19H,10-11H2,1H3. The third-order valence-electron chi connectivity index (χ3n) is 3.06. The van der Waals surface area contributed by atoms with Gasteiger partial charge in [-0.1, -0.05) is 23.7 Å². The molecular weight excluding hydrogens is 382 g/mol. The topological polar surface area (TPSA) is 98.8 Å². The van der Waals surface area contributed by atoms with E-state index in [4.69, 9.17) is 21.1 Å². The second kappa shape index (κ2) is 8.68. The first kappa shape index (κ1) is 19.7. The van der Waals surface area contributed by atoms with Gasteiger partial charge in [0.25, 0.3) is 0 Å². The molecule has 0 spiro atoms. The maximum atomic E-state index is 12.0. The van der Waals surface area contributed by atoms with Crippen LogP contribution in [0.2, 0.25) is 5.02 Å². The smallest absolute Gasteiger partial charge is 0.344 e. The van der Waals surface area contributed by atoms with Crippen LogP contribution in [0.1, 0.15) is 10.4 Å². The number of benzene rings is 2. The summed E-state index contributed by atoms with van der Waals surface area (Å²) in [5, 5.41) is 0.360. The van der Waals surface area contributed by atoms with Crippen molar-refractivity contribution in [3.63, 3.8) is 0 Å². The molecule has 0 aromatic heterocycles. The number of esters is 1. The van der Waals surface area contributed by atoms with Gasteiger partial charge in [0.15, 0.2) is 19.0 Å². The number of para-hydroxylation sites is 1. The molecular formula is C17H16ClNO6S. The van der Waals surface area contributed by atoms with Gasteiger partial charge in [0.1, 0.15) is 5.75 Å². The van der Waals surface area contributed by atoms with E-state index < -0.39 is 28.4 Å². The molecule has 9 heteroatoms. The molecule has 2 aromatic carbocycles. The third kappa shape index (κ3) is 6.38. The van der Waals surface area contributed by atoms with Gasteiger partial charge in [0, 0.05) is 11.3 Å². The van der Waals surface area contributed by atoms with Crippen LogP contribution in [-0.2, 0) is 19.6 Å². The van der Waals surface area contributed by atoms with Crippen molar-refractivity contribution in [2.75, 3.05) is 24.2 Å². The summed E-state index contributed by atoms with van der Waals surface area (Å²) in [5.41, 5.74) is 0.609. The molecule has 138 valence electrons. The van der Waals surface area contributed by atoms with Gasteiger partial charge in [-0.3, -0.25) is 9.52 Å². The Morgan fingerprint density at radius 2 is 1.69 bits per heavy atom. The number of nitrogens with one attached hydrogen (secondary N) is 1. The van der Waals surface area contributed by atoms with E-state index in [0.717, 1.165) is 6.26 Å². The van der Waals surface area contributed by atoms with E-state index in [1.807, 2.05) is 0 Å². The summed E-state index contributed by atoms with van der Waals surface area (Å²) in [7, 11) is -3.39. The first-order valence-electron chi connectivity index (χ1n) is 7.38. The Kier molecular flexibility index (Phi) is 6.59. The number of anilines is 1. The number of Topliss-reactive ketones (excluding diaryl/α,β-unsaturated/α-hetero) is 1. The maximum absolute atomic E-state index is 12.0. The number of carbonyl (C=O) groups excluding carboxylic acids is 2. The molecule has 0 bridgehead atoms. The second-order valence-electron chi connectivity index (χ2n) is 5.25. The number of hydrogen-bond acceptors (Lipinski definition) is 6. The van der Waals surface area contributed by atoms with Crippen LogP contribution in [0.3, 0.4) is 0 Å². The predicted octanol–water partition coefficient (Wildman–Crippen LogP) is 2.52. The number of sulfonamides is 1. The van der Waals surface area contributed by atoms with Crippen molar-refractivity contribution < 1.29 is 27.5 Å². The Morgan fingerprint density at radius 3 is 2.31 bits per heavy atom. The van der Waals surface area contributed by atoms with Crippen molar-refractivity contribution in [1.82, 2.24) is 0 Å². The lowest BCUT2D eigenvalue weighted by Crippen LogP contribution is -2.19. The van der Waals surface area contributed by atoms with Gasteiger partial charge >= 0.3 is 5.97 Å². The molecule has 0 amide bonds. The van der Waals surface area contributed by atoms with Crippen LogP contribution in [0.5, 0.6) is 5.75 Å². The monoisotopic (exact) mass is 397 g/mol. The summed E-state index contributed by atoms with van der Waals surface area (Å²) in [6, 6.07) is 12.4. The number of ether oxygens (including phenoxy) is 2. The molecule has 0 atom stereocenters. The van der Waals surface area contributed by atoms with Crippen LogP contribution in [0.15, 0.2) is 48.5 Å². The van der Waals surface area contributed by atoms with Gasteiger partial charge in [-0.15, -0.1) is 0 Å². The van der Waals surface area contributed by atoms with Crippen LogP contribution < -0.4 is 9.46 Å². The molecule has 0 aliphatic carbocycles. The summed E-state index contributed by atoms with van der Waals surface area (Å²) in [6.07, 6.45) is 1.02. The van der Waals surface area contributed by atoms with E-state index in [0.29, 0.717) is 16.5 Å². The van der Waals surface area contributed by atoms with Crippen molar-refractivity contribution in [3.05, 3.63) is 59.1 Å². The molecule has 0 heterocycles. The van der Waals surface area contributed by atoms with E-state index in [1.54, 1.807) is 24.3 Å². The highest BCUT2D eigenvalue weighted by molar-refractivity contribution is 7.92. The quantitative estimate of drug-likeness (QED) is 0.542. The highest BCUT2D eigenvalue weighted by Crippen LogP contribution is 2.22. The SMILES string of the molecule is CS(=O)(=O)Nc1ccc(C(=O)COC(=O)COc2ccccc2Cl)cc1. The summed E-state index contributed by atoms with van der Waals surface area (Å²) >= 11 is 5.89. The second-order valence-corrected chi connectivity index (χ2v) is 7.41. The fraction of sp³-hybridized carbons (Fsp3) is 0.176. The summed E-state index contributed by atoms with van der Waals surface area (Å²) < 4.78 is 34.6. The van der Waals surface area contributed by atoms with Crippen molar-refractivity contribution in [2.45, 2.75) is 0 Å². The number of hydrogen-bond donors (Lipinski definition) is 1. The lowest BCUT2D eigenvalue weighted by molar-refractivity contribution is -0.144. The Hall–Kier alpha value is -2.58. The summed E-state index contributed by atoms with van der Waals surface area (Å²) in [4.78, 5) is 23.7. The van der Waals surface area contributed by atoms with Gasteiger partial charge in [-0.2, -0.15) is 0 Å². The maximum Gasteiger partial charge on any atom is 0.344 e. The first-order chi connectivity index (χ1) is 12.2. The highest BCUT2D eigenvalue weighted by atomic mass is 35.5. The average molecular weight is 398 g/mol. The molecule has 0 fully saturated rings. The normalized spacial score (nSPS) is 10.8. The van der Waals surface area contributed by atoms with Crippen molar-refractivity contribution in [1.29, 1.82) is 0 Å². The van der Waals surface area contributed by atoms with Gasteiger partial charge < -0.3 is 9.47 Å². The Balaban J connectivity index is 1.82. The third-order valence-corrected chi connectivity index (χ3v) is 3.98. The van der Waals surface area contributed by atoms with Crippen LogP contribution >= 0.6 is 11.6 Å². The average Bonchev–Trinajstić information content (AvgIpc) is 2.58. The van der Waals surface area contributed by atoms with Crippen molar-refractivity contribution in [3.8, 4) is 5.75 Å². The summed E-state index contributed by atoms with van der Waals surface area (Å²) in [5.74, 6) is -0.804. The first-order valence-corrected chi connectivity index (χ1v) is 9.65. The molecule has 26 heavy (non-hydrogen) atoms. The number of carbonyl (C=O) groups is 2. The Morgan fingerprint density at radius 1 is 1.04 bits per heavy atom. The van der Waals surface area contributed by atoms with E-state index in [1.165, 1.54) is 24.3 Å². The van der Waals surface area contributed by atoms with Crippen LogP contribution in [0.25, 0.3) is 0 Å². The molecule has 0 saturated heterocycles. The minimum absolute atomic E-state index is 0.281. The van der Waals surface area contributed by atoms with Gasteiger partial charge in [-0.05, 0) is 36.4 Å². The fourth-order valence-electron chi connectivity index (χ4n) is 1.91. The van der Waals surface area contributed by atoms with Gasteiger partial charge in [0.05, 0.1) is 11.3 Å². The molecule has 1 N–H and O–H groups in total. The molecule has 0 aliphatic heterocycles. The Labute approximate surface area is 155 Å². The van der Waals surface area contributed by atoms with E-state index in [2.05, 4.69) is 4.72 Å². The zero-order chi connectivity index (χ0) is 19.2. The molecule has 7 nitrogen and oxygen atoms in total. The molecule has 0 aliphatic rings. The van der Waals surface area contributed by atoms with Crippen LogP contribution in [0, 0.1) is 0 Å². The summed E-state index contributed by atoms with van der Waals surface area (Å²) in [6.45, 7) is -0.836. The van der Waals surface area contributed by atoms with Gasteiger partial charge in [-0.25, -0.2) is 13.2 Å². The predicted molar refractivity (Wildman–Crippen MR) is 97.1 cm³/mol. The lowest BCUT2D eigenvalue weighted by atomic mass is 10.1. The zero-order valence-electron chi connectivity index (χ0n) is 13.8. The van der Waals surface area contributed by atoms with Crippen LogP contribution in [0.4, 0.5) is 5.69 Å². The lowest BCUT2D eigenvalue weighted by Gasteiger charge is -2.08. The minimum Gasteiger partial charge on any atom is -0.480 e. The number of rotatable bonds is 8. The van der Waals surface area contributed by atoms with Crippen molar-refractivity contribution in [2.24, 2.45) is 0 Å². The number of ketones is 1. The molecule has 2 rings (SSSR count). The van der Waals surface area contributed by atoms with E-state index in [9.17, 15) is 18.0 Å². The fourth-order valence-corrected chi connectivity index (χ4v) is 2.66. The minimum atomic E-state index is -3.39. The zero-order valence-corrected chi connectivity index (χ0v) is 15.3. The molecule has 0 saturated carbocycles. The van der Waals surface area contributed by atoms with E-state index in [-0.39, 0.29) is 12.2 Å². The molecule has 0 radical (unpaired) electrons. The Bertz CT molecular complexity index is 896. The van der Waals surface area contributed by atoms with Crippen LogP contribution in [-0.4, -0.2) is 39.6 Å². The molecule has 2 aromatic rings. The largest absolute Gasteiger partial charge is 0.480 e. The molecule has 0 unspecified atom stereocenters. The number of halogens is 1. The van der Waals surface area contributed by atoms with E-state index >= 15 is 0 Å². The van der Waals surface area contributed by atoms with Crippen molar-refractivity contribution >= 4 is 39.1 Å².